The van der Waals surface area contributed by atoms with Crippen LogP contribution in [0, 0.1) is 0 Å². The molecule has 1 saturated carbocycles. The van der Waals surface area contributed by atoms with Gasteiger partial charge in [0.2, 0.25) is 5.91 Å². The van der Waals surface area contributed by atoms with Crippen molar-refractivity contribution in [3.05, 3.63) is 0 Å². The lowest BCUT2D eigenvalue weighted by Crippen LogP contribution is -2.79. The largest absolute Gasteiger partial charge is 0.331 e. The molecule has 1 saturated heterocycles. The molecule has 1 aliphatic heterocycles. The van der Waals surface area contributed by atoms with Crippen molar-refractivity contribution in [1.82, 2.24) is 4.90 Å². The second-order valence-corrected chi connectivity index (χ2v) is 4.94. The number of rotatable bonds is 1. The van der Waals surface area contributed by atoms with E-state index in [4.69, 9.17) is 5.73 Å². The molecule has 0 aromatic heterocycles. The van der Waals surface area contributed by atoms with Gasteiger partial charge in [-0.1, -0.05) is 19.3 Å². The fraction of sp³-hybridized carbons (Fsp3) is 0.909. The Morgan fingerprint density at radius 1 is 1.36 bits per heavy atom. The van der Waals surface area contributed by atoms with E-state index in [9.17, 15) is 4.79 Å². The molecule has 2 aliphatic rings. The Bertz CT molecular complexity index is 244. The third-order valence-corrected chi connectivity index (χ3v) is 3.80. The maximum atomic E-state index is 11.7. The summed E-state index contributed by atoms with van der Waals surface area (Å²) in [5.74, 6) is 0.155. The van der Waals surface area contributed by atoms with Crippen LogP contribution in [0.2, 0.25) is 0 Å². The van der Waals surface area contributed by atoms with Gasteiger partial charge in [-0.25, -0.2) is 0 Å². The van der Waals surface area contributed by atoms with Crippen molar-refractivity contribution in [3.63, 3.8) is 0 Å². The monoisotopic (exact) mass is 196 g/mol. The molecule has 2 N–H and O–H groups in total. The van der Waals surface area contributed by atoms with Crippen LogP contribution in [0.4, 0.5) is 0 Å². The minimum absolute atomic E-state index is 0.0313. The molecule has 3 nitrogen and oxygen atoms in total. The first kappa shape index (κ1) is 9.97. The van der Waals surface area contributed by atoms with Gasteiger partial charge >= 0.3 is 0 Å². The molecule has 1 heterocycles. The highest BCUT2D eigenvalue weighted by Crippen LogP contribution is 2.44. The van der Waals surface area contributed by atoms with Crippen molar-refractivity contribution in [3.8, 4) is 0 Å². The molecular weight excluding hydrogens is 176 g/mol. The van der Waals surface area contributed by atoms with E-state index in [1.54, 1.807) is 0 Å². The van der Waals surface area contributed by atoms with E-state index in [0.29, 0.717) is 6.04 Å². The summed E-state index contributed by atoms with van der Waals surface area (Å²) in [5, 5.41) is 0. The van der Waals surface area contributed by atoms with E-state index in [0.717, 1.165) is 12.8 Å². The van der Waals surface area contributed by atoms with Crippen LogP contribution in [0.25, 0.3) is 0 Å². The highest BCUT2D eigenvalue weighted by molar-refractivity contribution is 5.91. The molecule has 0 bridgehead atoms. The van der Waals surface area contributed by atoms with Crippen molar-refractivity contribution in [2.75, 3.05) is 0 Å². The Labute approximate surface area is 85.6 Å². The Morgan fingerprint density at radius 2 is 1.93 bits per heavy atom. The van der Waals surface area contributed by atoms with Gasteiger partial charge in [0.1, 0.15) is 6.04 Å². The first-order valence-electron chi connectivity index (χ1n) is 5.68. The van der Waals surface area contributed by atoms with Crippen molar-refractivity contribution in [1.29, 1.82) is 0 Å². The summed E-state index contributed by atoms with van der Waals surface area (Å²) in [5.41, 5.74) is 6.00. The second kappa shape index (κ2) is 3.23. The van der Waals surface area contributed by atoms with Gasteiger partial charge in [0.25, 0.3) is 0 Å². The number of nitrogens with zero attached hydrogens (tertiary/aromatic N) is 1. The third kappa shape index (κ3) is 1.11. The van der Waals surface area contributed by atoms with Gasteiger partial charge < -0.3 is 10.6 Å². The fourth-order valence-corrected chi connectivity index (χ4v) is 3.17. The smallest absolute Gasteiger partial charge is 0.242 e. The molecule has 1 aliphatic carbocycles. The van der Waals surface area contributed by atoms with Crippen molar-refractivity contribution >= 4 is 5.91 Å². The number of amides is 1. The molecule has 2 fully saturated rings. The Morgan fingerprint density at radius 3 is 2.43 bits per heavy atom. The number of β-lactam (4-membered cyclic amide) rings is 1. The molecule has 1 atom stereocenters. The predicted molar refractivity (Wildman–Crippen MR) is 55.8 cm³/mol. The lowest BCUT2D eigenvalue weighted by molar-refractivity contribution is -0.169. The average Bonchev–Trinajstić information content (AvgIpc) is 2.18. The number of nitrogens with two attached hydrogens (primary N) is 1. The van der Waals surface area contributed by atoms with Crippen LogP contribution in [-0.2, 0) is 4.79 Å². The molecule has 80 valence electrons. The molecule has 3 heteroatoms. The number of carbonyl (C=O) groups is 1. The SMILES string of the molecule is CC(C)N1C(=O)[C@@H](N)C12CCCCC2. The first-order valence-corrected chi connectivity index (χ1v) is 5.68. The van der Waals surface area contributed by atoms with Gasteiger partial charge in [0.15, 0.2) is 0 Å². The van der Waals surface area contributed by atoms with E-state index in [1.807, 2.05) is 4.90 Å². The summed E-state index contributed by atoms with van der Waals surface area (Å²) in [7, 11) is 0. The highest BCUT2D eigenvalue weighted by atomic mass is 16.2. The topological polar surface area (TPSA) is 46.3 Å². The average molecular weight is 196 g/mol. The quantitative estimate of drug-likeness (QED) is 0.642. The minimum atomic E-state index is -0.217. The van der Waals surface area contributed by atoms with E-state index in [-0.39, 0.29) is 17.5 Å². The molecule has 14 heavy (non-hydrogen) atoms. The molecule has 0 aromatic rings. The van der Waals surface area contributed by atoms with Gasteiger partial charge in [-0.15, -0.1) is 0 Å². The zero-order valence-electron chi connectivity index (χ0n) is 9.12. The van der Waals surface area contributed by atoms with Crippen LogP contribution in [0.1, 0.15) is 46.0 Å². The summed E-state index contributed by atoms with van der Waals surface area (Å²) < 4.78 is 0. The van der Waals surface area contributed by atoms with Crippen LogP contribution in [0.3, 0.4) is 0 Å². The van der Waals surface area contributed by atoms with E-state index >= 15 is 0 Å². The molecule has 1 spiro atoms. The number of carbonyl (C=O) groups excluding carboxylic acids is 1. The van der Waals surface area contributed by atoms with Crippen LogP contribution >= 0.6 is 0 Å². The standard InChI is InChI=1S/C11H20N2O/c1-8(2)13-10(14)9(12)11(13)6-4-3-5-7-11/h8-9H,3-7,12H2,1-2H3/t9-/m1/s1. The van der Waals surface area contributed by atoms with Crippen molar-refractivity contribution < 1.29 is 4.79 Å². The maximum absolute atomic E-state index is 11.7. The molecule has 0 aromatic carbocycles. The van der Waals surface area contributed by atoms with Crippen molar-refractivity contribution in [2.24, 2.45) is 5.73 Å². The van der Waals surface area contributed by atoms with Gasteiger partial charge in [0, 0.05) is 6.04 Å². The minimum Gasteiger partial charge on any atom is -0.331 e. The summed E-state index contributed by atoms with van der Waals surface area (Å²) in [4.78, 5) is 13.7. The fourth-order valence-electron chi connectivity index (χ4n) is 3.17. The molecular formula is C11H20N2O. The summed E-state index contributed by atoms with van der Waals surface area (Å²) in [6, 6.07) is 0.0885. The maximum Gasteiger partial charge on any atom is 0.242 e. The zero-order valence-corrected chi connectivity index (χ0v) is 9.12. The molecule has 1 amide bonds. The molecule has 2 rings (SSSR count). The Kier molecular flexibility index (Phi) is 2.30. The lowest BCUT2D eigenvalue weighted by atomic mass is 9.68. The summed E-state index contributed by atoms with van der Waals surface area (Å²) in [6.45, 7) is 4.17. The van der Waals surface area contributed by atoms with E-state index < -0.39 is 0 Å². The zero-order chi connectivity index (χ0) is 10.3. The highest BCUT2D eigenvalue weighted by Gasteiger charge is 2.58. The lowest BCUT2D eigenvalue weighted by Gasteiger charge is -2.60. The van der Waals surface area contributed by atoms with Gasteiger partial charge in [-0.3, -0.25) is 4.79 Å². The van der Waals surface area contributed by atoms with Crippen molar-refractivity contribution in [2.45, 2.75) is 63.6 Å². The Balaban J connectivity index is 2.19. The first-order chi connectivity index (χ1) is 6.59. The normalized spacial score (nSPS) is 31.0. The molecule has 0 radical (unpaired) electrons. The van der Waals surface area contributed by atoms with Gasteiger partial charge in [-0.2, -0.15) is 0 Å². The number of hydrogen-bond acceptors (Lipinski definition) is 2. The second-order valence-electron chi connectivity index (χ2n) is 4.94. The van der Waals surface area contributed by atoms with Crippen LogP contribution in [0.15, 0.2) is 0 Å². The van der Waals surface area contributed by atoms with Crippen LogP contribution < -0.4 is 5.73 Å². The van der Waals surface area contributed by atoms with Gasteiger partial charge in [-0.05, 0) is 26.7 Å². The van der Waals surface area contributed by atoms with E-state index in [1.165, 1.54) is 19.3 Å². The third-order valence-electron chi connectivity index (χ3n) is 3.80. The molecule has 0 unspecified atom stereocenters. The predicted octanol–water partition coefficient (Wildman–Crippen LogP) is 1.27. The number of hydrogen-bond donors (Lipinski definition) is 1. The Hall–Kier alpha value is -0.570. The van der Waals surface area contributed by atoms with E-state index in [2.05, 4.69) is 13.8 Å². The summed E-state index contributed by atoms with van der Waals surface area (Å²) in [6.07, 6.45) is 5.97. The van der Waals surface area contributed by atoms with Gasteiger partial charge in [0.05, 0.1) is 5.54 Å². The summed E-state index contributed by atoms with van der Waals surface area (Å²) >= 11 is 0. The number of likely N-dealkylation sites (tertiary alicyclic amines) is 1. The van der Waals surface area contributed by atoms with Crippen LogP contribution in [0.5, 0.6) is 0 Å². The van der Waals surface area contributed by atoms with Crippen LogP contribution in [-0.4, -0.2) is 28.4 Å².